The van der Waals surface area contributed by atoms with Crippen LogP contribution in [-0.4, -0.2) is 10.9 Å². The van der Waals surface area contributed by atoms with Crippen molar-refractivity contribution in [3.63, 3.8) is 0 Å². The molecule has 1 aromatic carbocycles. The van der Waals surface area contributed by atoms with Crippen LogP contribution in [0.25, 0.3) is 0 Å². The van der Waals surface area contributed by atoms with E-state index >= 15 is 0 Å². The maximum atomic E-state index is 12.1. The first kappa shape index (κ1) is 13.7. The van der Waals surface area contributed by atoms with Gasteiger partial charge < -0.3 is 11.1 Å². The maximum Gasteiger partial charge on any atom is 0.271 e. The Kier molecular flexibility index (Phi) is 4.29. The van der Waals surface area contributed by atoms with Gasteiger partial charge in [-0.15, -0.1) is 11.3 Å². The molecule has 2 aromatic rings. The summed E-state index contributed by atoms with van der Waals surface area (Å²) in [6.45, 7) is 3.80. The van der Waals surface area contributed by atoms with Crippen molar-refractivity contribution in [2.75, 3.05) is 0 Å². The SMILES string of the molecule is CC(N)c1nc(C(=O)N[C@H](C)c2ccccc2)cs1. The fourth-order valence-corrected chi connectivity index (χ4v) is 2.45. The fraction of sp³-hybridized carbons (Fsp3) is 0.286. The Bertz CT molecular complexity index is 551. The molecule has 0 saturated carbocycles. The molecule has 0 aliphatic rings. The van der Waals surface area contributed by atoms with E-state index in [9.17, 15) is 4.79 Å². The highest BCUT2D eigenvalue weighted by molar-refractivity contribution is 7.09. The van der Waals surface area contributed by atoms with Gasteiger partial charge in [-0.05, 0) is 19.4 Å². The molecular formula is C14H17N3OS. The molecule has 0 aliphatic carbocycles. The zero-order chi connectivity index (χ0) is 13.8. The van der Waals surface area contributed by atoms with Gasteiger partial charge in [-0.3, -0.25) is 4.79 Å². The van der Waals surface area contributed by atoms with Crippen LogP contribution in [0.5, 0.6) is 0 Å². The molecule has 0 fully saturated rings. The number of thiazole rings is 1. The van der Waals surface area contributed by atoms with Crippen LogP contribution in [-0.2, 0) is 0 Å². The second-order valence-electron chi connectivity index (χ2n) is 4.47. The zero-order valence-electron chi connectivity index (χ0n) is 11.0. The van der Waals surface area contributed by atoms with E-state index in [1.807, 2.05) is 44.2 Å². The van der Waals surface area contributed by atoms with Crippen molar-refractivity contribution < 1.29 is 4.79 Å². The molecule has 1 amide bonds. The van der Waals surface area contributed by atoms with Gasteiger partial charge in [0.1, 0.15) is 10.7 Å². The van der Waals surface area contributed by atoms with Gasteiger partial charge >= 0.3 is 0 Å². The molecule has 0 spiro atoms. The lowest BCUT2D eigenvalue weighted by atomic mass is 10.1. The summed E-state index contributed by atoms with van der Waals surface area (Å²) in [5.41, 5.74) is 7.23. The van der Waals surface area contributed by atoms with Crippen LogP contribution >= 0.6 is 11.3 Å². The van der Waals surface area contributed by atoms with Gasteiger partial charge in [0.2, 0.25) is 0 Å². The topological polar surface area (TPSA) is 68.0 Å². The van der Waals surface area contributed by atoms with Crippen molar-refractivity contribution in [1.29, 1.82) is 0 Å². The van der Waals surface area contributed by atoms with E-state index < -0.39 is 0 Å². The summed E-state index contributed by atoms with van der Waals surface area (Å²) in [6, 6.07) is 9.64. The Morgan fingerprint density at radius 3 is 2.58 bits per heavy atom. The summed E-state index contributed by atoms with van der Waals surface area (Å²) in [6.07, 6.45) is 0. The predicted molar refractivity (Wildman–Crippen MR) is 77.0 cm³/mol. The smallest absolute Gasteiger partial charge is 0.271 e. The summed E-state index contributed by atoms with van der Waals surface area (Å²) in [5.74, 6) is -0.167. The van der Waals surface area contributed by atoms with Crippen molar-refractivity contribution in [1.82, 2.24) is 10.3 Å². The fourth-order valence-electron chi connectivity index (χ4n) is 1.70. The van der Waals surface area contributed by atoms with Crippen LogP contribution in [0, 0.1) is 0 Å². The van der Waals surface area contributed by atoms with Gasteiger partial charge in [0.05, 0.1) is 12.1 Å². The van der Waals surface area contributed by atoms with Crippen LogP contribution in [0.1, 0.15) is 47.0 Å². The molecule has 1 unspecified atom stereocenters. The quantitative estimate of drug-likeness (QED) is 0.901. The van der Waals surface area contributed by atoms with E-state index in [1.54, 1.807) is 5.38 Å². The molecule has 1 heterocycles. The number of amides is 1. The molecule has 1 aromatic heterocycles. The third kappa shape index (κ3) is 3.39. The van der Waals surface area contributed by atoms with Gasteiger partial charge in [-0.2, -0.15) is 0 Å². The van der Waals surface area contributed by atoms with Gasteiger partial charge in [0.15, 0.2) is 0 Å². The van der Waals surface area contributed by atoms with Crippen LogP contribution in [0.4, 0.5) is 0 Å². The van der Waals surface area contributed by atoms with Gasteiger partial charge in [0.25, 0.3) is 5.91 Å². The number of nitrogens with two attached hydrogens (primary N) is 1. The molecule has 2 rings (SSSR count). The number of benzene rings is 1. The summed E-state index contributed by atoms with van der Waals surface area (Å²) in [5, 5.41) is 5.45. The number of nitrogens with one attached hydrogen (secondary N) is 1. The Balaban J connectivity index is 2.04. The third-order valence-electron chi connectivity index (χ3n) is 2.79. The Labute approximate surface area is 116 Å². The summed E-state index contributed by atoms with van der Waals surface area (Å²) in [7, 11) is 0. The van der Waals surface area contributed by atoms with Gasteiger partial charge in [0, 0.05) is 5.38 Å². The zero-order valence-corrected chi connectivity index (χ0v) is 11.8. The number of hydrogen-bond donors (Lipinski definition) is 2. The highest BCUT2D eigenvalue weighted by Crippen LogP contribution is 2.17. The number of carbonyl (C=O) groups excluding carboxylic acids is 1. The van der Waals surface area contributed by atoms with E-state index in [1.165, 1.54) is 11.3 Å². The lowest BCUT2D eigenvalue weighted by Crippen LogP contribution is -2.27. The molecule has 100 valence electrons. The van der Waals surface area contributed by atoms with Crippen molar-refractivity contribution in [2.45, 2.75) is 25.9 Å². The van der Waals surface area contributed by atoms with E-state index in [4.69, 9.17) is 5.73 Å². The monoisotopic (exact) mass is 275 g/mol. The molecule has 0 bridgehead atoms. The molecule has 2 atom stereocenters. The minimum absolute atomic E-state index is 0.0471. The standard InChI is InChI=1S/C14H17N3OS/c1-9(15)14-17-12(8-19-14)13(18)16-10(2)11-6-4-3-5-7-11/h3-10H,15H2,1-2H3,(H,16,18)/t9?,10-/m1/s1. The first-order valence-corrected chi connectivity index (χ1v) is 7.02. The molecule has 0 aliphatic heterocycles. The van der Waals surface area contributed by atoms with Crippen molar-refractivity contribution in [3.8, 4) is 0 Å². The molecule has 5 heteroatoms. The van der Waals surface area contributed by atoms with E-state index in [0.29, 0.717) is 5.69 Å². The average molecular weight is 275 g/mol. The molecule has 4 nitrogen and oxygen atoms in total. The van der Waals surface area contributed by atoms with Crippen LogP contribution < -0.4 is 11.1 Å². The molecule has 3 N–H and O–H groups in total. The largest absolute Gasteiger partial charge is 0.344 e. The van der Waals surface area contributed by atoms with E-state index in [0.717, 1.165) is 10.6 Å². The first-order chi connectivity index (χ1) is 9.08. The molecule has 0 saturated heterocycles. The summed E-state index contributed by atoms with van der Waals surface area (Å²) in [4.78, 5) is 16.3. The van der Waals surface area contributed by atoms with Gasteiger partial charge in [-0.25, -0.2) is 4.98 Å². The average Bonchev–Trinajstić information content (AvgIpc) is 2.89. The van der Waals surface area contributed by atoms with Crippen molar-refractivity contribution >= 4 is 17.2 Å². The Morgan fingerprint density at radius 2 is 2.00 bits per heavy atom. The normalized spacial score (nSPS) is 13.8. The highest BCUT2D eigenvalue weighted by atomic mass is 32.1. The summed E-state index contributed by atoms with van der Waals surface area (Å²) < 4.78 is 0. The third-order valence-corrected chi connectivity index (χ3v) is 3.84. The lowest BCUT2D eigenvalue weighted by molar-refractivity contribution is 0.0935. The van der Waals surface area contributed by atoms with Gasteiger partial charge in [-0.1, -0.05) is 30.3 Å². The van der Waals surface area contributed by atoms with Crippen molar-refractivity contribution in [3.05, 3.63) is 52.0 Å². The number of aromatic nitrogens is 1. The highest BCUT2D eigenvalue weighted by Gasteiger charge is 2.15. The number of hydrogen-bond acceptors (Lipinski definition) is 4. The predicted octanol–water partition coefficient (Wildman–Crippen LogP) is 2.65. The molecule has 19 heavy (non-hydrogen) atoms. The Hall–Kier alpha value is -1.72. The van der Waals surface area contributed by atoms with Crippen LogP contribution in [0.3, 0.4) is 0 Å². The second kappa shape index (κ2) is 5.95. The molecule has 0 radical (unpaired) electrons. The molecular weight excluding hydrogens is 258 g/mol. The summed E-state index contributed by atoms with van der Waals surface area (Å²) >= 11 is 1.41. The number of carbonyl (C=O) groups is 1. The van der Waals surface area contributed by atoms with Crippen LogP contribution in [0.2, 0.25) is 0 Å². The minimum atomic E-state index is -0.167. The lowest BCUT2D eigenvalue weighted by Gasteiger charge is -2.13. The Morgan fingerprint density at radius 1 is 1.32 bits per heavy atom. The maximum absolute atomic E-state index is 12.1. The van der Waals surface area contributed by atoms with Crippen molar-refractivity contribution in [2.24, 2.45) is 5.73 Å². The number of rotatable bonds is 4. The van der Waals surface area contributed by atoms with E-state index in [2.05, 4.69) is 10.3 Å². The van der Waals surface area contributed by atoms with Crippen LogP contribution in [0.15, 0.2) is 35.7 Å². The number of nitrogens with zero attached hydrogens (tertiary/aromatic N) is 1. The second-order valence-corrected chi connectivity index (χ2v) is 5.36. The first-order valence-electron chi connectivity index (χ1n) is 6.14. The minimum Gasteiger partial charge on any atom is -0.344 e. The van der Waals surface area contributed by atoms with E-state index in [-0.39, 0.29) is 18.0 Å².